The van der Waals surface area contributed by atoms with Gasteiger partial charge in [-0.3, -0.25) is 0 Å². The molecule has 0 saturated carbocycles. The SMILES string of the molecule is CCO[Si](OCC)(c1cccc(C(F)(F)F)c1)c1cccc(C(F)(F)F)c1. The Balaban J connectivity index is 2.71. The van der Waals surface area contributed by atoms with Crippen LogP contribution in [0.2, 0.25) is 0 Å². The van der Waals surface area contributed by atoms with E-state index in [4.69, 9.17) is 8.85 Å². The second-order valence-corrected chi connectivity index (χ2v) is 8.60. The predicted octanol–water partition coefficient (Wildman–Crippen LogP) is 4.35. The summed E-state index contributed by atoms with van der Waals surface area (Å²) in [6.45, 7) is 3.36. The molecular formula is C18H18F6O2Si. The van der Waals surface area contributed by atoms with Gasteiger partial charge < -0.3 is 8.85 Å². The minimum absolute atomic E-state index is 0.0682. The van der Waals surface area contributed by atoms with Gasteiger partial charge in [-0.2, -0.15) is 26.3 Å². The lowest BCUT2D eigenvalue weighted by Crippen LogP contribution is -2.63. The highest BCUT2D eigenvalue weighted by Crippen LogP contribution is 2.30. The van der Waals surface area contributed by atoms with E-state index >= 15 is 0 Å². The lowest BCUT2D eigenvalue weighted by atomic mass is 10.2. The molecule has 2 rings (SSSR count). The van der Waals surface area contributed by atoms with E-state index in [9.17, 15) is 26.3 Å². The molecule has 9 heteroatoms. The molecule has 0 unspecified atom stereocenters. The van der Waals surface area contributed by atoms with E-state index in [2.05, 4.69) is 0 Å². The molecule has 0 N–H and O–H groups in total. The van der Waals surface area contributed by atoms with Gasteiger partial charge in [-0.1, -0.05) is 36.4 Å². The lowest BCUT2D eigenvalue weighted by Gasteiger charge is -2.31. The van der Waals surface area contributed by atoms with Crippen molar-refractivity contribution in [1.82, 2.24) is 0 Å². The first kappa shape index (κ1) is 21.5. The van der Waals surface area contributed by atoms with Crippen LogP contribution < -0.4 is 10.4 Å². The van der Waals surface area contributed by atoms with E-state index in [1.54, 1.807) is 13.8 Å². The summed E-state index contributed by atoms with van der Waals surface area (Å²) < 4.78 is 90.3. The Morgan fingerprint density at radius 3 is 1.37 bits per heavy atom. The summed E-state index contributed by atoms with van der Waals surface area (Å²) in [6, 6.07) is 8.76. The summed E-state index contributed by atoms with van der Waals surface area (Å²) in [5.74, 6) is 0. The van der Waals surface area contributed by atoms with Crippen molar-refractivity contribution in [2.75, 3.05) is 13.2 Å². The maximum atomic E-state index is 13.1. The van der Waals surface area contributed by atoms with Gasteiger partial charge in [0.2, 0.25) is 0 Å². The van der Waals surface area contributed by atoms with E-state index in [-0.39, 0.29) is 23.6 Å². The summed E-state index contributed by atoms with van der Waals surface area (Å²) >= 11 is 0. The van der Waals surface area contributed by atoms with Crippen molar-refractivity contribution in [3.63, 3.8) is 0 Å². The number of rotatable bonds is 6. The van der Waals surface area contributed by atoms with Crippen LogP contribution in [-0.2, 0) is 21.2 Å². The average Bonchev–Trinajstić information content (AvgIpc) is 2.60. The van der Waals surface area contributed by atoms with E-state index in [1.165, 1.54) is 24.3 Å². The van der Waals surface area contributed by atoms with Crippen molar-refractivity contribution >= 4 is 18.9 Å². The second-order valence-electron chi connectivity index (χ2n) is 5.64. The Morgan fingerprint density at radius 2 is 1.07 bits per heavy atom. The molecule has 0 aromatic heterocycles. The third kappa shape index (κ3) is 4.71. The number of hydrogen-bond acceptors (Lipinski definition) is 2. The molecule has 27 heavy (non-hydrogen) atoms. The van der Waals surface area contributed by atoms with E-state index < -0.39 is 32.0 Å². The molecule has 2 aromatic carbocycles. The number of alkyl halides is 6. The molecule has 0 spiro atoms. The molecule has 0 saturated heterocycles. The maximum Gasteiger partial charge on any atom is 0.416 e. The number of hydrogen-bond donors (Lipinski definition) is 0. The van der Waals surface area contributed by atoms with Gasteiger partial charge in [0.15, 0.2) is 0 Å². The zero-order valence-electron chi connectivity index (χ0n) is 14.6. The summed E-state index contributed by atoms with van der Waals surface area (Å²) in [4.78, 5) is 0. The Labute approximate surface area is 154 Å². The fourth-order valence-electron chi connectivity index (χ4n) is 2.75. The van der Waals surface area contributed by atoms with Crippen molar-refractivity contribution < 1.29 is 35.2 Å². The van der Waals surface area contributed by atoms with Gasteiger partial charge in [-0.25, -0.2) is 0 Å². The van der Waals surface area contributed by atoms with Crippen molar-refractivity contribution in [3.8, 4) is 0 Å². The molecule has 0 aliphatic rings. The van der Waals surface area contributed by atoms with Crippen LogP contribution in [-0.4, -0.2) is 21.8 Å². The largest absolute Gasteiger partial charge is 0.416 e. The van der Waals surface area contributed by atoms with Gasteiger partial charge in [0.05, 0.1) is 11.1 Å². The topological polar surface area (TPSA) is 18.5 Å². The van der Waals surface area contributed by atoms with Crippen molar-refractivity contribution in [1.29, 1.82) is 0 Å². The molecule has 0 atom stereocenters. The molecule has 0 fully saturated rings. The van der Waals surface area contributed by atoms with Crippen molar-refractivity contribution in [2.45, 2.75) is 26.2 Å². The van der Waals surface area contributed by atoms with Gasteiger partial charge in [0.25, 0.3) is 0 Å². The lowest BCUT2D eigenvalue weighted by molar-refractivity contribution is -0.138. The van der Waals surface area contributed by atoms with Crippen LogP contribution in [0.3, 0.4) is 0 Å². The quantitative estimate of drug-likeness (QED) is 0.523. The van der Waals surface area contributed by atoms with Crippen LogP contribution in [0.5, 0.6) is 0 Å². The molecular weight excluding hydrogens is 390 g/mol. The minimum Gasteiger partial charge on any atom is -0.388 e. The first-order valence-electron chi connectivity index (χ1n) is 8.18. The van der Waals surface area contributed by atoms with Crippen LogP contribution in [0.1, 0.15) is 25.0 Å². The standard InChI is InChI=1S/C18H18F6O2Si/c1-3-25-27(26-4-2,15-9-5-7-13(11-15)17(19,20)21)16-10-6-8-14(12-16)18(22,23)24/h5-12H,3-4H2,1-2H3. The molecule has 0 radical (unpaired) electrons. The smallest absolute Gasteiger partial charge is 0.388 e. The highest BCUT2D eigenvalue weighted by atomic mass is 28.4. The van der Waals surface area contributed by atoms with Gasteiger partial charge in [-0.05, 0) is 36.4 Å². The van der Waals surface area contributed by atoms with Gasteiger partial charge >= 0.3 is 20.9 Å². The third-order valence-electron chi connectivity index (χ3n) is 3.84. The van der Waals surface area contributed by atoms with Crippen LogP contribution in [0.4, 0.5) is 26.3 Å². The monoisotopic (exact) mass is 408 g/mol. The van der Waals surface area contributed by atoms with Crippen LogP contribution >= 0.6 is 0 Å². The normalized spacial score (nSPS) is 13.0. The average molecular weight is 408 g/mol. The first-order chi connectivity index (χ1) is 12.5. The number of benzene rings is 2. The Kier molecular flexibility index (Phi) is 6.38. The Morgan fingerprint density at radius 1 is 0.704 bits per heavy atom. The predicted molar refractivity (Wildman–Crippen MR) is 91.2 cm³/mol. The van der Waals surface area contributed by atoms with Crippen molar-refractivity contribution in [3.05, 3.63) is 59.7 Å². The molecule has 0 heterocycles. The summed E-state index contributed by atoms with van der Waals surface area (Å²) in [6.07, 6.45) is -9.19. The molecule has 2 aromatic rings. The van der Waals surface area contributed by atoms with Gasteiger partial charge in [-0.15, -0.1) is 0 Å². The van der Waals surface area contributed by atoms with Crippen LogP contribution in [0.15, 0.2) is 48.5 Å². The minimum atomic E-state index is -4.59. The summed E-state index contributed by atoms with van der Waals surface area (Å²) in [5.41, 5.74) is -1.83. The fraction of sp³-hybridized carbons (Fsp3) is 0.333. The van der Waals surface area contributed by atoms with Crippen LogP contribution in [0.25, 0.3) is 0 Å². The van der Waals surface area contributed by atoms with E-state index in [0.717, 1.165) is 24.3 Å². The van der Waals surface area contributed by atoms with Gasteiger partial charge in [0.1, 0.15) is 0 Å². The molecule has 2 nitrogen and oxygen atoms in total. The van der Waals surface area contributed by atoms with Gasteiger partial charge in [0, 0.05) is 13.2 Å². The Hall–Kier alpha value is -1.84. The zero-order chi connectivity index (χ0) is 20.3. The summed E-state index contributed by atoms with van der Waals surface area (Å²) in [7, 11) is -3.77. The van der Waals surface area contributed by atoms with Crippen LogP contribution in [0, 0.1) is 0 Å². The molecule has 0 aliphatic heterocycles. The molecule has 148 valence electrons. The molecule has 0 aliphatic carbocycles. The third-order valence-corrected chi connectivity index (χ3v) is 7.37. The summed E-state index contributed by atoms with van der Waals surface area (Å²) in [5, 5.41) is 0.195. The van der Waals surface area contributed by atoms with Crippen molar-refractivity contribution in [2.24, 2.45) is 0 Å². The van der Waals surface area contributed by atoms with E-state index in [0.29, 0.717) is 0 Å². The second kappa shape index (κ2) is 8.03. The van der Waals surface area contributed by atoms with E-state index in [1.807, 2.05) is 0 Å². The molecule has 0 amide bonds. The Bertz CT molecular complexity index is 707. The fourth-order valence-corrected chi connectivity index (χ4v) is 5.97. The highest BCUT2D eigenvalue weighted by molar-refractivity contribution is 6.92. The molecule has 0 bridgehead atoms. The number of halogens is 6. The highest BCUT2D eigenvalue weighted by Gasteiger charge is 2.45. The zero-order valence-corrected chi connectivity index (χ0v) is 15.6. The first-order valence-corrected chi connectivity index (χ1v) is 9.99. The maximum absolute atomic E-state index is 13.1.